The Morgan fingerprint density at radius 3 is 1.72 bits per heavy atom. The predicted octanol–water partition coefficient (Wildman–Crippen LogP) is 6.70. The molecule has 2 unspecified atom stereocenters. The van der Waals surface area contributed by atoms with Crippen LogP contribution in [-0.4, -0.2) is 6.61 Å². The van der Waals surface area contributed by atoms with E-state index in [4.69, 9.17) is 0 Å². The average Bonchev–Trinajstić information content (AvgIpc) is 3.16. The van der Waals surface area contributed by atoms with Crippen molar-refractivity contribution >= 4 is 24.0 Å². The van der Waals surface area contributed by atoms with Gasteiger partial charge in [-0.15, -0.1) is 0 Å². The third-order valence-corrected chi connectivity index (χ3v) is 18.6. The van der Waals surface area contributed by atoms with Gasteiger partial charge >= 0.3 is 131 Å². The smallest absolute Gasteiger partial charge is 0.0654 e. The molecule has 1 fully saturated rings. The first-order chi connectivity index (χ1) is 12.3. The van der Waals surface area contributed by atoms with Crippen molar-refractivity contribution in [3.63, 3.8) is 0 Å². The molecule has 1 nitrogen and oxygen atoms in total. The van der Waals surface area contributed by atoms with Crippen molar-refractivity contribution in [3.8, 4) is 0 Å². The Balaban J connectivity index is 0.000000358. The van der Waals surface area contributed by atoms with Crippen LogP contribution >= 0.6 is 11.9 Å². The predicted molar refractivity (Wildman–Crippen MR) is 104 cm³/mol. The van der Waals surface area contributed by atoms with E-state index in [1.54, 1.807) is 19.4 Å². The second-order valence-electron chi connectivity index (χ2n) is 7.06. The van der Waals surface area contributed by atoms with E-state index in [2.05, 4.69) is 89.0 Å². The summed E-state index contributed by atoms with van der Waals surface area (Å²) in [6.45, 7) is 2.41. The summed E-state index contributed by atoms with van der Waals surface area (Å²) in [5, 5.41) is 0. The van der Waals surface area contributed by atoms with E-state index in [9.17, 15) is 0 Å². The topological polar surface area (TPSA) is 9.23 Å². The van der Waals surface area contributed by atoms with Crippen LogP contribution in [0.4, 0.5) is 0 Å². The van der Waals surface area contributed by atoms with Gasteiger partial charge in [-0.3, -0.25) is 4.29 Å². The van der Waals surface area contributed by atoms with E-state index >= 15 is 0 Å². The second kappa shape index (κ2) is 7.35. The number of benzene rings is 2. The van der Waals surface area contributed by atoms with E-state index in [-0.39, 0.29) is 0 Å². The third-order valence-electron chi connectivity index (χ3n) is 5.77. The van der Waals surface area contributed by atoms with Crippen LogP contribution in [0.15, 0.2) is 60.7 Å². The molecule has 0 saturated carbocycles. The maximum absolute atomic E-state index is 4.69. The molecular formula is C22H23ClOZr. The minimum atomic E-state index is -2.13. The molecule has 0 spiro atoms. The fraction of sp³-hybridized carbons (Fsp3) is 0.273. The fourth-order valence-electron chi connectivity index (χ4n) is 4.46. The first kappa shape index (κ1) is 17.5. The maximum Gasteiger partial charge on any atom is 0.0654 e. The van der Waals surface area contributed by atoms with Gasteiger partial charge in [0.2, 0.25) is 0 Å². The molecule has 1 heterocycles. The fourth-order valence-corrected chi connectivity index (χ4v) is 20.1. The molecule has 2 aliphatic carbocycles. The SMILES string of the molecule is C1=C[CH]([Zr]2([CH]3C=Cc4ccccc43)[CH2][CH2]2)c2ccccc21.CCOCl. The number of fused-ring (bicyclic) bond motifs is 2. The number of hydrogen-bond donors (Lipinski definition) is 0. The Kier molecular flexibility index (Phi) is 5.14. The second-order valence-corrected chi connectivity index (χ2v) is 18.9. The molecule has 0 N–H and O–H groups in total. The van der Waals surface area contributed by atoms with Crippen LogP contribution in [0.3, 0.4) is 0 Å². The summed E-state index contributed by atoms with van der Waals surface area (Å²) in [5.74, 6) is 0. The van der Waals surface area contributed by atoms with Crippen molar-refractivity contribution in [2.45, 2.75) is 22.4 Å². The van der Waals surface area contributed by atoms with Crippen LogP contribution in [0.25, 0.3) is 12.2 Å². The summed E-state index contributed by atoms with van der Waals surface area (Å²) in [5.41, 5.74) is 6.20. The molecule has 0 radical (unpaired) electrons. The first-order valence-electron chi connectivity index (χ1n) is 9.08. The summed E-state index contributed by atoms with van der Waals surface area (Å²) in [7, 11) is 0. The maximum atomic E-state index is 4.69. The Bertz CT molecular complexity index is 757. The molecule has 1 aliphatic heterocycles. The van der Waals surface area contributed by atoms with Crippen LogP contribution < -0.4 is 0 Å². The van der Waals surface area contributed by atoms with Crippen LogP contribution in [0, 0.1) is 0 Å². The van der Waals surface area contributed by atoms with Gasteiger partial charge < -0.3 is 0 Å². The molecule has 0 amide bonds. The molecule has 25 heavy (non-hydrogen) atoms. The molecule has 3 aliphatic rings. The van der Waals surface area contributed by atoms with Crippen LogP contribution in [0.1, 0.15) is 36.4 Å². The van der Waals surface area contributed by atoms with Gasteiger partial charge in [-0.1, -0.05) is 0 Å². The van der Waals surface area contributed by atoms with Crippen molar-refractivity contribution in [2.24, 2.45) is 0 Å². The minimum absolute atomic E-state index is 0.585. The minimum Gasteiger partial charge on any atom is -0.280 e. The zero-order valence-corrected chi connectivity index (χ0v) is 17.7. The van der Waals surface area contributed by atoms with Crippen molar-refractivity contribution in [3.05, 3.63) is 82.9 Å². The standard InChI is InChI=1S/2C9H7.C2H5ClO.C2H4.Zr/c2*1-2-5-9-7-3-6-8(9)4-1;1-2-4-3;1-2;/h2*1-7H;2H2,1H3;1-2H2;. The Morgan fingerprint density at radius 2 is 1.32 bits per heavy atom. The normalized spacial score (nSPS) is 23.6. The van der Waals surface area contributed by atoms with Gasteiger partial charge in [0.1, 0.15) is 0 Å². The van der Waals surface area contributed by atoms with E-state index in [1.807, 2.05) is 6.92 Å². The van der Waals surface area contributed by atoms with E-state index in [0.29, 0.717) is 6.61 Å². The number of hydrogen-bond acceptors (Lipinski definition) is 1. The quantitative estimate of drug-likeness (QED) is 0.527. The largest absolute Gasteiger partial charge is 0.280 e. The number of allylic oxidation sites excluding steroid dienone is 2. The summed E-state index contributed by atoms with van der Waals surface area (Å²) in [4.78, 5) is 0. The van der Waals surface area contributed by atoms with Crippen molar-refractivity contribution in [2.75, 3.05) is 6.61 Å². The molecule has 2 aromatic carbocycles. The number of halogens is 1. The van der Waals surface area contributed by atoms with E-state index in [1.165, 1.54) is 11.1 Å². The monoisotopic (exact) mass is 428 g/mol. The van der Waals surface area contributed by atoms with Crippen LogP contribution in [0.2, 0.25) is 8.26 Å². The number of rotatable bonds is 3. The average molecular weight is 430 g/mol. The Morgan fingerprint density at radius 1 is 0.880 bits per heavy atom. The van der Waals surface area contributed by atoms with Gasteiger partial charge in [-0.2, -0.15) is 0 Å². The molecule has 128 valence electrons. The summed E-state index contributed by atoms with van der Waals surface area (Å²) >= 11 is 2.56. The Hall–Kier alpha value is -0.947. The van der Waals surface area contributed by atoms with Crippen LogP contribution in [-0.2, 0) is 24.6 Å². The van der Waals surface area contributed by atoms with Gasteiger partial charge in [0, 0.05) is 0 Å². The molecule has 2 atom stereocenters. The van der Waals surface area contributed by atoms with Gasteiger partial charge in [0.15, 0.2) is 0 Å². The zero-order chi connectivity index (χ0) is 17.3. The molecule has 2 aromatic rings. The van der Waals surface area contributed by atoms with Crippen molar-refractivity contribution in [1.82, 2.24) is 0 Å². The van der Waals surface area contributed by atoms with Crippen molar-refractivity contribution in [1.29, 1.82) is 0 Å². The molecule has 0 aromatic heterocycles. The van der Waals surface area contributed by atoms with E-state index in [0.717, 1.165) is 7.25 Å². The van der Waals surface area contributed by atoms with Crippen LogP contribution in [0.5, 0.6) is 0 Å². The molecule has 3 heteroatoms. The molecule has 0 bridgehead atoms. The third kappa shape index (κ3) is 3.14. The van der Waals surface area contributed by atoms with Crippen molar-refractivity contribution < 1.29 is 24.6 Å². The molecular weight excluding hydrogens is 407 g/mol. The van der Waals surface area contributed by atoms with Gasteiger partial charge in [-0.25, -0.2) is 0 Å². The summed E-state index contributed by atoms with van der Waals surface area (Å²) in [6.07, 6.45) is 9.84. The van der Waals surface area contributed by atoms with Gasteiger partial charge in [0.05, 0.1) is 18.5 Å². The molecule has 1 saturated heterocycles. The van der Waals surface area contributed by atoms with Gasteiger partial charge in [-0.05, 0) is 6.92 Å². The summed E-state index contributed by atoms with van der Waals surface area (Å²) < 4.78 is 8.73. The van der Waals surface area contributed by atoms with E-state index < -0.39 is 20.3 Å². The first-order valence-corrected chi connectivity index (χ1v) is 15.7. The molecule has 5 rings (SSSR count). The van der Waals surface area contributed by atoms with Gasteiger partial charge in [0.25, 0.3) is 0 Å². The summed E-state index contributed by atoms with van der Waals surface area (Å²) in [6, 6.07) is 18.1. The zero-order valence-electron chi connectivity index (χ0n) is 14.5. The Labute approximate surface area is 159 Å².